The Hall–Kier alpha value is -0.130. The summed E-state index contributed by atoms with van der Waals surface area (Å²) in [6, 6.07) is 8.94. The van der Waals surface area contributed by atoms with Crippen molar-refractivity contribution in [3.05, 3.63) is 33.4 Å². The minimum Gasteiger partial charge on any atom is -0.316 e. The van der Waals surface area contributed by atoms with Crippen LogP contribution in [0, 0.1) is 8.99 Å². The lowest BCUT2D eigenvalue weighted by molar-refractivity contribution is 0.268. The van der Waals surface area contributed by atoms with Gasteiger partial charge in [-0.15, -0.1) is 0 Å². The maximum absolute atomic E-state index is 3.52. The van der Waals surface area contributed by atoms with Gasteiger partial charge in [0.1, 0.15) is 0 Å². The van der Waals surface area contributed by atoms with Gasteiger partial charge in [0.15, 0.2) is 0 Å². The lowest BCUT2D eigenvalue weighted by Gasteiger charge is -2.22. The third-order valence-corrected chi connectivity index (χ3v) is 4.89. The topological polar surface area (TPSA) is 15.3 Å². The Labute approximate surface area is 117 Å². The van der Waals surface area contributed by atoms with Gasteiger partial charge in [0.2, 0.25) is 0 Å². The van der Waals surface area contributed by atoms with E-state index in [9.17, 15) is 0 Å². The summed E-state index contributed by atoms with van der Waals surface area (Å²) in [5.74, 6) is 0. The van der Waals surface area contributed by atoms with Gasteiger partial charge in [-0.3, -0.25) is 4.90 Å². The number of nitrogens with one attached hydrogen (secondary N) is 1. The fraction of sp³-hybridized carbons (Fsp3) is 0.571. The maximum atomic E-state index is 3.52. The van der Waals surface area contributed by atoms with Crippen molar-refractivity contribution in [1.29, 1.82) is 0 Å². The minimum absolute atomic E-state index is 0.600. The maximum Gasteiger partial charge on any atom is 0.0233 e. The van der Waals surface area contributed by atoms with E-state index in [0.29, 0.717) is 5.41 Å². The second-order valence-corrected chi connectivity index (χ2v) is 6.76. The summed E-state index contributed by atoms with van der Waals surface area (Å²) in [7, 11) is 0. The molecule has 1 spiro atoms. The Morgan fingerprint density at radius 3 is 2.76 bits per heavy atom. The molecule has 2 heterocycles. The van der Waals surface area contributed by atoms with E-state index in [1.807, 2.05) is 0 Å². The third-order valence-electron chi connectivity index (χ3n) is 4.17. The molecule has 3 heteroatoms. The summed E-state index contributed by atoms with van der Waals surface area (Å²) >= 11 is 2.36. The van der Waals surface area contributed by atoms with E-state index in [1.54, 1.807) is 0 Å². The van der Waals surface area contributed by atoms with Crippen LogP contribution in [0.3, 0.4) is 0 Å². The number of nitrogens with zero attached hydrogens (tertiary/aromatic N) is 1. The Bertz CT molecular complexity index is 382. The molecule has 2 nitrogen and oxygen atoms in total. The first-order valence-electron chi connectivity index (χ1n) is 6.43. The van der Waals surface area contributed by atoms with Crippen LogP contribution < -0.4 is 5.32 Å². The van der Waals surface area contributed by atoms with Gasteiger partial charge in [0.25, 0.3) is 0 Å². The van der Waals surface area contributed by atoms with E-state index < -0.39 is 0 Å². The first-order valence-corrected chi connectivity index (χ1v) is 7.51. The van der Waals surface area contributed by atoms with E-state index in [2.05, 4.69) is 57.1 Å². The van der Waals surface area contributed by atoms with E-state index in [0.717, 1.165) is 6.54 Å². The Morgan fingerprint density at radius 1 is 1.24 bits per heavy atom. The molecule has 0 bridgehead atoms. The lowest BCUT2D eigenvalue weighted by Crippen LogP contribution is -2.28. The van der Waals surface area contributed by atoms with Gasteiger partial charge in [-0.05, 0) is 71.6 Å². The van der Waals surface area contributed by atoms with Crippen molar-refractivity contribution in [2.75, 3.05) is 26.2 Å². The van der Waals surface area contributed by atoms with Gasteiger partial charge < -0.3 is 5.32 Å². The Morgan fingerprint density at radius 2 is 2.06 bits per heavy atom. The molecule has 1 N–H and O–H groups in total. The van der Waals surface area contributed by atoms with Crippen molar-refractivity contribution in [2.45, 2.75) is 19.4 Å². The molecule has 1 aromatic rings. The summed E-state index contributed by atoms with van der Waals surface area (Å²) in [4.78, 5) is 2.62. The van der Waals surface area contributed by atoms with Gasteiger partial charge in [-0.25, -0.2) is 0 Å². The summed E-state index contributed by atoms with van der Waals surface area (Å²) < 4.78 is 1.32. The average molecular weight is 342 g/mol. The fourth-order valence-corrected chi connectivity index (χ4v) is 3.51. The second-order valence-electron chi connectivity index (χ2n) is 5.51. The van der Waals surface area contributed by atoms with Crippen molar-refractivity contribution in [3.8, 4) is 0 Å². The zero-order chi connectivity index (χ0) is 11.7. The predicted molar refractivity (Wildman–Crippen MR) is 79.0 cm³/mol. The number of likely N-dealkylation sites (tertiary alicyclic amines) is 1. The van der Waals surface area contributed by atoms with Gasteiger partial charge in [0.05, 0.1) is 0 Å². The normalized spacial score (nSPS) is 29.2. The molecule has 2 aliphatic rings. The molecule has 92 valence electrons. The van der Waals surface area contributed by atoms with Crippen LogP contribution in [-0.2, 0) is 6.54 Å². The van der Waals surface area contributed by atoms with Crippen molar-refractivity contribution in [1.82, 2.24) is 10.2 Å². The second kappa shape index (κ2) is 4.86. The minimum atomic E-state index is 0.600. The zero-order valence-corrected chi connectivity index (χ0v) is 12.2. The summed E-state index contributed by atoms with van der Waals surface area (Å²) in [6.45, 7) is 6.13. The standard InChI is InChI=1S/C14H19IN2/c15-13-3-1-12(2-4-13)9-17-8-6-14(11-17)5-7-16-10-14/h1-4,16H,5-11H2. The third kappa shape index (κ3) is 2.66. The Kier molecular flexibility index (Phi) is 3.41. The average Bonchev–Trinajstić information content (AvgIpc) is 2.94. The SMILES string of the molecule is Ic1ccc(CN2CCC3(CCNC3)C2)cc1. The first kappa shape index (κ1) is 11.9. The molecular formula is C14H19IN2. The van der Waals surface area contributed by atoms with Crippen LogP contribution in [0.15, 0.2) is 24.3 Å². The molecule has 1 atom stereocenters. The number of hydrogen-bond acceptors (Lipinski definition) is 2. The molecule has 2 saturated heterocycles. The highest BCUT2D eigenvalue weighted by atomic mass is 127. The highest BCUT2D eigenvalue weighted by molar-refractivity contribution is 14.1. The van der Waals surface area contributed by atoms with Crippen molar-refractivity contribution < 1.29 is 0 Å². The highest BCUT2D eigenvalue weighted by Gasteiger charge is 2.39. The molecule has 2 fully saturated rings. The summed E-state index contributed by atoms with van der Waals surface area (Å²) in [6.07, 6.45) is 2.75. The number of hydrogen-bond donors (Lipinski definition) is 1. The van der Waals surface area contributed by atoms with Crippen molar-refractivity contribution >= 4 is 22.6 Å². The summed E-state index contributed by atoms with van der Waals surface area (Å²) in [5, 5.41) is 3.52. The molecule has 0 aromatic heterocycles. The number of rotatable bonds is 2. The molecule has 0 saturated carbocycles. The van der Waals surface area contributed by atoms with Crippen LogP contribution in [0.25, 0.3) is 0 Å². The molecule has 0 amide bonds. The van der Waals surface area contributed by atoms with Crippen molar-refractivity contribution in [3.63, 3.8) is 0 Å². The van der Waals surface area contributed by atoms with Gasteiger partial charge in [0, 0.05) is 23.2 Å². The van der Waals surface area contributed by atoms with Crippen LogP contribution in [0.1, 0.15) is 18.4 Å². The van der Waals surface area contributed by atoms with Crippen LogP contribution in [0.4, 0.5) is 0 Å². The van der Waals surface area contributed by atoms with Crippen molar-refractivity contribution in [2.24, 2.45) is 5.41 Å². The van der Waals surface area contributed by atoms with Crippen LogP contribution in [0.2, 0.25) is 0 Å². The van der Waals surface area contributed by atoms with E-state index >= 15 is 0 Å². The number of benzene rings is 1. The molecule has 0 radical (unpaired) electrons. The molecule has 1 aromatic carbocycles. The first-order chi connectivity index (χ1) is 8.26. The molecular weight excluding hydrogens is 323 g/mol. The van der Waals surface area contributed by atoms with E-state index in [1.165, 1.54) is 48.2 Å². The summed E-state index contributed by atoms with van der Waals surface area (Å²) in [5.41, 5.74) is 2.05. The molecule has 3 rings (SSSR count). The van der Waals surface area contributed by atoms with Crippen LogP contribution in [0.5, 0.6) is 0 Å². The smallest absolute Gasteiger partial charge is 0.0233 e. The predicted octanol–water partition coefficient (Wildman–Crippen LogP) is 2.48. The molecule has 2 aliphatic heterocycles. The largest absolute Gasteiger partial charge is 0.316 e. The quantitative estimate of drug-likeness (QED) is 0.831. The molecule has 1 unspecified atom stereocenters. The van der Waals surface area contributed by atoms with Gasteiger partial charge in [-0.2, -0.15) is 0 Å². The Balaban J connectivity index is 1.62. The van der Waals surface area contributed by atoms with E-state index in [4.69, 9.17) is 0 Å². The monoisotopic (exact) mass is 342 g/mol. The zero-order valence-electron chi connectivity index (χ0n) is 10.1. The van der Waals surface area contributed by atoms with Gasteiger partial charge >= 0.3 is 0 Å². The fourth-order valence-electron chi connectivity index (χ4n) is 3.15. The highest BCUT2D eigenvalue weighted by Crippen LogP contribution is 2.36. The van der Waals surface area contributed by atoms with E-state index in [-0.39, 0.29) is 0 Å². The van der Waals surface area contributed by atoms with Crippen LogP contribution >= 0.6 is 22.6 Å². The lowest BCUT2D eigenvalue weighted by atomic mass is 9.87. The molecule has 17 heavy (non-hydrogen) atoms. The number of halogens is 1. The molecule has 0 aliphatic carbocycles. The van der Waals surface area contributed by atoms with Gasteiger partial charge in [-0.1, -0.05) is 12.1 Å². The van der Waals surface area contributed by atoms with Crippen LogP contribution in [-0.4, -0.2) is 31.1 Å².